The molecule has 0 unspecified atom stereocenters. The molecule has 0 atom stereocenters. The quantitative estimate of drug-likeness (QED) is 0.432. The van der Waals surface area contributed by atoms with Crippen LogP contribution in [0.1, 0.15) is 63.4 Å². The van der Waals surface area contributed by atoms with E-state index in [9.17, 15) is 13.2 Å². The summed E-state index contributed by atoms with van der Waals surface area (Å²) in [5.41, 5.74) is 0.643. The largest absolute Gasteiger partial charge is 0.204 e. The lowest BCUT2D eigenvalue weighted by Crippen LogP contribution is -2.28. The highest BCUT2D eigenvalue weighted by molar-refractivity contribution is 6.58. The van der Waals surface area contributed by atoms with Crippen LogP contribution in [0.5, 0.6) is 0 Å². The van der Waals surface area contributed by atoms with E-state index in [1.54, 1.807) is 0 Å². The van der Waals surface area contributed by atoms with E-state index >= 15 is 0 Å². The lowest BCUT2D eigenvalue weighted by molar-refractivity contribution is 0.216. The van der Waals surface area contributed by atoms with Gasteiger partial charge < -0.3 is 0 Å². The molecule has 1 aromatic rings. The van der Waals surface area contributed by atoms with Crippen molar-refractivity contribution in [2.45, 2.75) is 75.9 Å². The monoisotopic (exact) mass is 354 g/mol. The molecule has 24 heavy (non-hydrogen) atoms. The van der Waals surface area contributed by atoms with Crippen molar-refractivity contribution in [3.05, 3.63) is 35.1 Å². The van der Waals surface area contributed by atoms with Gasteiger partial charge in [-0.1, -0.05) is 44.3 Å². The van der Waals surface area contributed by atoms with Crippen LogP contribution in [0.2, 0.25) is 18.1 Å². The van der Waals surface area contributed by atoms with E-state index in [1.165, 1.54) is 49.5 Å². The summed E-state index contributed by atoms with van der Waals surface area (Å²) in [6.45, 7) is 2.31. The van der Waals surface area contributed by atoms with Crippen LogP contribution < -0.4 is 0 Å². The third-order valence-corrected chi connectivity index (χ3v) is 10.2. The Bertz CT molecular complexity index is 521. The second-order valence-corrected chi connectivity index (χ2v) is 11.4. The third-order valence-electron chi connectivity index (χ3n) is 6.50. The molecule has 1 saturated carbocycles. The Labute approximate surface area is 145 Å². The lowest BCUT2D eigenvalue weighted by atomic mass is 9.72. The summed E-state index contributed by atoms with van der Waals surface area (Å²) in [5.74, 6) is -1.57. The summed E-state index contributed by atoms with van der Waals surface area (Å²) in [7, 11) is -0.416. The Morgan fingerprint density at radius 1 is 0.875 bits per heavy atom. The predicted octanol–water partition coefficient (Wildman–Crippen LogP) is 6.42. The number of rotatable bonds is 4. The van der Waals surface area contributed by atoms with Crippen molar-refractivity contribution in [2.24, 2.45) is 11.8 Å². The number of benzene rings is 1. The maximum atomic E-state index is 13.5. The van der Waals surface area contributed by atoms with Crippen LogP contribution in [0.25, 0.3) is 0 Å². The van der Waals surface area contributed by atoms with Crippen LogP contribution >= 0.6 is 0 Å². The highest BCUT2D eigenvalue weighted by atomic mass is 28.3. The molecule has 1 heterocycles. The molecule has 0 N–H and O–H groups in total. The molecule has 1 saturated heterocycles. The Kier molecular flexibility index (Phi) is 6.06. The van der Waals surface area contributed by atoms with E-state index in [4.69, 9.17) is 0 Å². The summed E-state index contributed by atoms with van der Waals surface area (Å²) >= 11 is 0. The van der Waals surface area contributed by atoms with Crippen molar-refractivity contribution < 1.29 is 13.2 Å². The average Bonchev–Trinajstić information content (AvgIpc) is 2.60. The topological polar surface area (TPSA) is 0 Å². The zero-order valence-electron chi connectivity index (χ0n) is 14.7. The van der Waals surface area contributed by atoms with Crippen LogP contribution in [0.4, 0.5) is 13.2 Å². The smallest absolute Gasteiger partial charge is 0.194 e. The molecule has 1 aromatic carbocycles. The molecule has 3 rings (SSSR count). The molecular formula is C20H29F3Si. The second kappa shape index (κ2) is 8.07. The Balaban J connectivity index is 1.53. The molecule has 134 valence electrons. The Hall–Kier alpha value is -0.773. The summed E-state index contributed by atoms with van der Waals surface area (Å²) in [6.07, 6.45) is 8.50. The molecule has 1 aliphatic carbocycles. The molecule has 2 aliphatic rings. The lowest BCUT2D eigenvalue weighted by Gasteiger charge is -2.37. The second-order valence-electron chi connectivity index (χ2n) is 7.98. The van der Waals surface area contributed by atoms with E-state index < -0.39 is 26.2 Å². The van der Waals surface area contributed by atoms with Crippen molar-refractivity contribution in [2.75, 3.05) is 0 Å². The van der Waals surface area contributed by atoms with Gasteiger partial charge in [-0.3, -0.25) is 0 Å². The van der Waals surface area contributed by atoms with Crippen molar-refractivity contribution in [3.63, 3.8) is 0 Å². The van der Waals surface area contributed by atoms with Crippen molar-refractivity contribution >= 4 is 8.80 Å². The van der Waals surface area contributed by atoms with E-state index in [1.807, 2.05) is 0 Å². The van der Waals surface area contributed by atoms with Gasteiger partial charge in [0.15, 0.2) is 17.5 Å². The molecule has 0 nitrogen and oxygen atoms in total. The van der Waals surface area contributed by atoms with E-state index in [0.717, 1.165) is 37.5 Å². The fraction of sp³-hybridized carbons (Fsp3) is 0.700. The van der Waals surface area contributed by atoms with Crippen LogP contribution in [-0.2, 0) is 0 Å². The number of halogens is 3. The summed E-state index contributed by atoms with van der Waals surface area (Å²) in [6, 6.07) is 6.96. The molecule has 2 fully saturated rings. The molecule has 1 aliphatic heterocycles. The molecular weight excluding hydrogens is 325 g/mol. The summed E-state index contributed by atoms with van der Waals surface area (Å²) in [5, 5.41) is 0. The minimum atomic E-state index is -1.35. The van der Waals surface area contributed by atoms with Gasteiger partial charge in [-0.15, -0.1) is 0 Å². The average molecular weight is 355 g/mol. The molecule has 0 spiro atoms. The maximum absolute atomic E-state index is 13.5. The highest BCUT2D eigenvalue weighted by Gasteiger charge is 2.31. The van der Waals surface area contributed by atoms with Gasteiger partial charge in [0.2, 0.25) is 0 Å². The maximum Gasteiger partial charge on any atom is 0.194 e. The normalized spacial score (nSPS) is 31.2. The third kappa shape index (κ3) is 4.06. The first-order chi connectivity index (χ1) is 11.6. The Morgan fingerprint density at radius 2 is 1.42 bits per heavy atom. The SMILES string of the molecule is CCC[Si@H]1CC[C@H](C2CCC(c3cc(F)c(F)c(F)c3)CC2)CC1. The zero-order chi connectivity index (χ0) is 17.1. The van der Waals surface area contributed by atoms with Gasteiger partial charge in [-0.2, -0.15) is 0 Å². The fourth-order valence-electron chi connectivity index (χ4n) is 5.09. The van der Waals surface area contributed by atoms with Crippen molar-refractivity contribution in [1.82, 2.24) is 0 Å². The van der Waals surface area contributed by atoms with Gasteiger partial charge in [0.1, 0.15) is 0 Å². The molecule has 4 heteroatoms. The van der Waals surface area contributed by atoms with Crippen LogP contribution in [-0.4, -0.2) is 8.80 Å². The molecule has 0 amide bonds. The number of hydrogen-bond acceptors (Lipinski definition) is 0. The molecule has 0 bridgehead atoms. The van der Waals surface area contributed by atoms with Crippen molar-refractivity contribution in [1.29, 1.82) is 0 Å². The van der Waals surface area contributed by atoms with Crippen LogP contribution in [0, 0.1) is 29.3 Å². The van der Waals surface area contributed by atoms with E-state index in [-0.39, 0.29) is 5.92 Å². The van der Waals surface area contributed by atoms with Crippen LogP contribution in [0.3, 0.4) is 0 Å². The van der Waals surface area contributed by atoms with Crippen molar-refractivity contribution in [3.8, 4) is 0 Å². The van der Waals surface area contributed by atoms with Gasteiger partial charge in [0.25, 0.3) is 0 Å². The van der Waals surface area contributed by atoms with E-state index in [0.29, 0.717) is 5.56 Å². The van der Waals surface area contributed by atoms with Gasteiger partial charge in [-0.25, -0.2) is 13.2 Å². The van der Waals surface area contributed by atoms with E-state index in [2.05, 4.69) is 6.92 Å². The minimum absolute atomic E-state index is 0.191. The minimum Gasteiger partial charge on any atom is -0.204 e. The highest BCUT2D eigenvalue weighted by Crippen LogP contribution is 2.43. The van der Waals surface area contributed by atoms with Gasteiger partial charge in [-0.05, 0) is 61.1 Å². The van der Waals surface area contributed by atoms with Gasteiger partial charge in [0.05, 0.1) is 0 Å². The predicted molar refractivity (Wildman–Crippen MR) is 95.6 cm³/mol. The first-order valence-electron chi connectivity index (χ1n) is 9.72. The van der Waals surface area contributed by atoms with Gasteiger partial charge in [0, 0.05) is 8.80 Å². The zero-order valence-corrected chi connectivity index (χ0v) is 15.8. The van der Waals surface area contributed by atoms with Crippen LogP contribution in [0.15, 0.2) is 12.1 Å². The Morgan fingerprint density at radius 3 is 1.96 bits per heavy atom. The molecule has 0 radical (unpaired) electrons. The number of hydrogen-bond donors (Lipinski definition) is 0. The summed E-state index contributed by atoms with van der Waals surface area (Å²) in [4.78, 5) is 0. The van der Waals surface area contributed by atoms with Gasteiger partial charge >= 0.3 is 0 Å². The molecule has 0 aromatic heterocycles. The standard InChI is InChI=1S/C20H29F3Si/c1-2-9-24-10-7-16(8-11-24)14-3-5-15(6-4-14)17-12-18(21)20(23)19(22)13-17/h12-16,24H,2-11H2,1H3/t14?,15?,16-,24-. The first kappa shape index (κ1) is 18.0. The summed E-state index contributed by atoms with van der Waals surface area (Å²) < 4.78 is 40.0. The first-order valence-corrected chi connectivity index (χ1v) is 12.2. The fourth-order valence-corrected chi connectivity index (χ4v) is 8.57.